The summed E-state index contributed by atoms with van der Waals surface area (Å²) in [7, 11) is 1.37. The fraction of sp³-hybridized carbons (Fsp3) is 1.00. The molecular formula is C7H14O5. The molecule has 1 aliphatic heterocycles. The quantitative estimate of drug-likeness (QED) is 0.453. The summed E-state index contributed by atoms with van der Waals surface area (Å²) in [6.45, 7) is 1.60. The largest absolute Gasteiger partial charge is 0.388 e. The standard InChI is InChI=1S/C7H14O5/c1-3-4(8)5(9)6(10)7(11-2)12-3/h3-10H,1-2H3/t3-,4+,5-,6+,7+/m1/s1. The molecule has 1 fully saturated rings. The van der Waals surface area contributed by atoms with Gasteiger partial charge < -0.3 is 24.8 Å². The molecule has 12 heavy (non-hydrogen) atoms. The molecule has 0 aromatic heterocycles. The molecule has 3 N–H and O–H groups in total. The van der Waals surface area contributed by atoms with E-state index in [0.29, 0.717) is 0 Å². The first-order valence-corrected chi connectivity index (χ1v) is 3.80. The molecule has 0 unspecified atom stereocenters. The van der Waals surface area contributed by atoms with Crippen LogP contribution in [0, 0.1) is 0 Å². The molecule has 1 heterocycles. The lowest BCUT2D eigenvalue weighted by atomic mass is 10.0. The maximum absolute atomic E-state index is 9.27. The molecule has 0 radical (unpaired) electrons. The van der Waals surface area contributed by atoms with Crippen molar-refractivity contribution in [2.45, 2.75) is 37.6 Å². The Bertz CT molecular complexity index is 146. The van der Waals surface area contributed by atoms with Crippen LogP contribution < -0.4 is 0 Å². The van der Waals surface area contributed by atoms with Crippen LogP contribution in [0.3, 0.4) is 0 Å². The van der Waals surface area contributed by atoms with E-state index in [-0.39, 0.29) is 0 Å². The molecule has 0 spiro atoms. The summed E-state index contributed by atoms with van der Waals surface area (Å²) in [6.07, 6.45) is -4.86. The molecular weight excluding hydrogens is 164 g/mol. The van der Waals surface area contributed by atoms with Crippen molar-refractivity contribution >= 4 is 0 Å². The van der Waals surface area contributed by atoms with Crippen LogP contribution in [0.15, 0.2) is 0 Å². The van der Waals surface area contributed by atoms with Gasteiger partial charge >= 0.3 is 0 Å². The zero-order valence-corrected chi connectivity index (χ0v) is 7.04. The summed E-state index contributed by atoms with van der Waals surface area (Å²) in [6, 6.07) is 0. The van der Waals surface area contributed by atoms with Gasteiger partial charge in [0.1, 0.15) is 18.3 Å². The van der Waals surface area contributed by atoms with Crippen molar-refractivity contribution in [1.82, 2.24) is 0 Å². The molecule has 5 nitrogen and oxygen atoms in total. The molecule has 1 aliphatic rings. The van der Waals surface area contributed by atoms with Gasteiger partial charge in [0.15, 0.2) is 6.29 Å². The summed E-state index contributed by atoms with van der Waals surface area (Å²) in [5.74, 6) is 0. The maximum Gasteiger partial charge on any atom is 0.186 e. The van der Waals surface area contributed by atoms with Crippen molar-refractivity contribution < 1.29 is 24.8 Å². The monoisotopic (exact) mass is 178 g/mol. The van der Waals surface area contributed by atoms with Crippen molar-refractivity contribution in [2.75, 3.05) is 7.11 Å². The van der Waals surface area contributed by atoms with E-state index in [1.165, 1.54) is 7.11 Å². The first-order chi connectivity index (χ1) is 5.57. The van der Waals surface area contributed by atoms with E-state index in [4.69, 9.17) is 9.47 Å². The van der Waals surface area contributed by atoms with Crippen LogP contribution in [0.25, 0.3) is 0 Å². The molecule has 1 saturated heterocycles. The minimum atomic E-state index is -1.21. The molecule has 0 aliphatic carbocycles. The molecule has 0 saturated carbocycles. The lowest BCUT2D eigenvalue weighted by Crippen LogP contribution is -2.57. The number of methoxy groups -OCH3 is 1. The van der Waals surface area contributed by atoms with Crippen LogP contribution in [0.5, 0.6) is 0 Å². The van der Waals surface area contributed by atoms with Crippen molar-refractivity contribution in [1.29, 1.82) is 0 Å². The fourth-order valence-electron chi connectivity index (χ4n) is 1.21. The van der Waals surface area contributed by atoms with E-state index in [1.54, 1.807) is 6.92 Å². The number of hydrogen-bond donors (Lipinski definition) is 3. The fourth-order valence-corrected chi connectivity index (χ4v) is 1.21. The number of ether oxygens (including phenoxy) is 2. The highest BCUT2D eigenvalue weighted by molar-refractivity contribution is 4.86. The van der Waals surface area contributed by atoms with E-state index in [2.05, 4.69) is 0 Å². The lowest BCUT2D eigenvalue weighted by molar-refractivity contribution is -0.286. The summed E-state index contributed by atoms with van der Waals surface area (Å²) >= 11 is 0. The SMILES string of the molecule is CO[C@H]1O[C@H](C)[C@H](O)[C@@H](O)[C@@H]1O. The number of aliphatic hydroxyl groups excluding tert-OH is 3. The highest BCUT2D eigenvalue weighted by Crippen LogP contribution is 2.20. The van der Waals surface area contributed by atoms with Gasteiger partial charge in [-0.2, -0.15) is 0 Å². The average molecular weight is 178 g/mol. The van der Waals surface area contributed by atoms with Crippen molar-refractivity contribution in [3.63, 3.8) is 0 Å². The van der Waals surface area contributed by atoms with Crippen LogP contribution in [0.1, 0.15) is 6.92 Å². The summed E-state index contributed by atoms with van der Waals surface area (Å²) in [5, 5.41) is 27.8. The zero-order valence-electron chi connectivity index (χ0n) is 7.04. The van der Waals surface area contributed by atoms with Crippen LogP contribution in [0.2, 0.25) is 0 Å². The minimum Gasteiger partial charge on any atom is -0.388 e. The van der Waals surface area contributed by atoms with Gasteiger partial charge in [-0.3, -0.25) is 0 Å². The summed E-state index contributed by atoms with van der Waals surface area (Å²) in [5.41, 5.74) is 0. The van der Waals surface area contributed by atoms with E-state index in [9.17, 15) is 15.3 Å². The Morgan fingerprint density at radius 3 is 2.17 bits per heavy atom. The number of aliphatic hydroxyl groups is 3. The zero-order chi connectivity index (χ0) is 9.30. The summed E-state index contributed by atoms with van der Waals surface area (Å²) < 4.78 is 9.80. The molecule has 1 rings (SSSR count). The van der Waals surface area contributed by atoms with E-state index < -0.39 is 30.7 Å². The Labute approximate surface area is 70.5 Å². The predicted molar refractivity (Wildman–Crippen MR) is 39.4 cm³/mol. The topological polar surface area (TPSA) is 79.2 Å². The third-order valence-corrected chi connectivity index (χ3v) is 2.04. The second kappa shape index (κ2) is 3.68. The second-order valence-corrected chi connectivity index (χ2v) is 2.92. The molecule has 0 amide bonds. The van der Waals surface area contributed by atoms with Crippen molar-refractivity contribution in [3.8, 4) is 0 Å². The summed E-state index contributed by atoms with van der Waals surface area (Å²) in [4.78, 5) is 0. The second-order valence-electron chi connectivity index (χ2n) is 2.92. The maximum atomic E-state index is 9.27. The van der Waals surface area contributed by atoms with Gasteiger partial charge in [0.05, 0.1) is 6.10 Å². The molecule has 0 aromatic carbocycles. The highest BCUT2D eigenvalue weighted by Gasteiger charge is 2.41. The predicted octanol–water partition coefficient (Wildman–Crippen LogP) is -1.54. The molecule has 5 atom stereocenters. The first-order valence-electron chi connectivity index (χ1n) is 3.80. The minimum absolute atomic E-state index is 0.534. The molecule has 5 heteroatoms. The van der Waals surface area contributed by atoms with E-state index >= 15 is 0 Å². The van der Waals surface area contributed by atoms with E-state index in [0.717, 1.165) is 0 Å². The van der Waals surface area contributed by atoms with Gasteiger partial charge in [-0.15, -0.1) is 0 Å². The highest BCUT2D eigenvalue weighted by atomic mass is 16.7. The van der Waals surface area contributed by atoms with Gasteiger partial charge in [0, 0.05) is 7.11 Å². The lowest BCUT2D eigenvalue weighted by Gasteiger charge is -2.38. The molecule has 72 valence electrons. The smallest absolute Gasteiger partial charge is 0.186 e. The Morgan fingerprint density at radius 2 is 1.67 bits per heavy atom. The van der Waals surface area contributed by atoms with Crippen molar-refractivity contribution in [2.24, 2.45) is 0 Å². The average Bonchev–Trinajstić information content (AvgIpc) is 2.08. The van der Waals surface area contributed by atoms with Crippen LogP contribution in [-0.2, 0) is 9.47 Å². The number of rotatable bonds is 1. The third kappa shape index (κ3) is 1.60. The van der Waals surface area contributed by atoms with Gasteiger partial charge in [-0.05, 0) is 6.92 Å². The Kier molecular flexibility index (Phi) is 3.03. The van der Waals surface area contributed by atoms with E-state index in [1.807, 2.05) is 0 Å². The van der Waals surface area contributed by atoms with Crippen molar-refractivity contribution in [3.05, 3.63) is 0 Å². The van der Waals surface area contributed by atoms with Crippen LogP contribution in [-0.4, -0.2) is 53.1 Å². The Balaban J connectivity index is 2.63. The van der Waals surface area contributed by atoms with Gasteiger partial charge in [-0.25, -0.2) is 0 Å². The third-order valence-electron chi connectivity index (χ3n) is 2.04. The van der Waals surface area contributed by atoms with Gasteiger partial charge in [0.2, 0.25) is 0 Å². The molecule has 0 aromatic rings. The Hall–Kier alpha value is -0.200. The van der Waals surface area contributed by atoms with Crippen LogP contribution in [0.4, 0.5) is 0 Å². The van der Waals surface area contributed by atoms with Gasteiger partial charge in [-0.1, -0.05) is 0 Å². The molecule has 0 bridgehead atoms. The Morgan fingerprint density at radius 1 is 1.08 bits per heavy atom. The normalized spacial score (nSPS) is 49.2. The first kappa shape index (κ1) is 9.88. The number of hydrogen-bond acceptors (Lipinski definition) is 5. The van der Waals surface area contributed by atoms with Crippen LogP contribution >= 0.6 is 0 Å². The van der Waals surface area contributed by atoms with Gasteiger partial charge in [0.25, 0.3) is 0 Å².